The Bertz CT molecular complexity index is 958. The number of hydrogen-bond acceptors (Lipinski definition) is 5. The molecule has 1 aromatic carbocycles. The number of amides is 2. The number of imidazole rings is 1. The Morgan fingerprint density at radius 3 is 2.67 bits per heavy atom. The Morgan fingerprint density at radius 2 is 2.00 bits per heavy atom. The van der Waals surface area contributed by atoms with Crippen LogP contribution in [0.4, 0.5) is 5.69 Å². The van der Waals surface area contributed by atoms with Crippen molar-refractivity contribution in [2.45, 2.75) is 37.6 Å². The molecule has 3 rings (SSSR count). The van der Waals surface area contributed by atoms with E-state index in [4.69, 9.17) is 0 Å². The van der Waals surface area contributed by atoms with Gasteiger partial charge in [0.2, 0.25) is 21.8 Å². The highest BCUT2D eigenvalue weighted by molar-refractivity contribution is 7.89. The van der Waals surface area contributed by atoms with Gasteiger partial charge in [0.15, 0.2) is 0 Å². The molecule has 1 fully saturated rings. The van der Waals surface area contributed by atoms with Crippen LogP contribution >= 0.6 is 0 Å². The van der Waals surface area contributed by atoms with Crippen LogP contribution in [0.1, 0.15) is 26.2 Å². The fourth-order valence-corrected chi connectivity index (χ4v) is 5.00. The molecule has 0 unspecified atom stereocenters. The molecule has 1 aliphatic heterocycles. The van der Waals surface area contributed by atoms with Gasteiger partial charge in [-0.15, -0.1) is 0 Å². The molecule has 0 saturated carbocycles. The molecule has 0 radical (unpaired) electrons. The maximum atomic E-state index is 13.0. The van der Waals surface area contributed by atoms with Crippen molar-refractivity contribution >= 4 is 27.5 Å². The fraction of sp³-hybridized carbons (Fsp3) is 0.450. The summed E-state index contributed by atoms with van der Waals surface area (Å²) in [5, 5.41) is 5.53. The van der Waals surface area contributed by atoms with Gasteiger partial charge in [0.1, 0.15) is 0 Å². The number of hydrogen-bond donors (Lipinski definition) is 2. The third-order valence-electron chi connectivity index (χ3n) is 5.02. The summed E-state index contributed by atoms with van der Waals surface area (Å²) in [6, 6.07) is 6.06. The number of aromatic nitrogens is 2. The van der Waals surface area contributed by atoms with E-state index in [2.05, 4.69) is 15.6 Å². The first-order valence-electron chi connectivity index (χ1n) is 9.97. The molecule has 10 heteroatoms. The van der Waals surface area contributed by atoms with Crippen LogP contribution in [-0.4, -0.2) is 53.7 Å². The van der Waals surface area contributed by atoms with E-state index < -0.39 is 10.0 Å². The maximum absolute atomic E-state index is 13.0. The fourth-order valence-electron chi connectivity index (χ4n) is 3.47. The van der Waals surface area contributed by atoms with Gasteiger partial charge in [0.05, 0.1) is 17.1 Å². The number of nitrogens with one attached hydrogen (secondary N) is 2. The summed E-state index contributed by atoms with van der Waals surface area (Å²) < 4.78 is 29.3. The Labute approximate surface area is 176 Å². The van der Waals surface area contributed by atoms with E-state index in [0.29, 0.717) is 31.6 Å². The molecule has 30 heavy (non-hydrogen) atoms. The molecular weight excluding hydrogens is 406 g/mol. The number of carbonyl (C=O) groups excluding carboxylic acids is 2. The van der Waals surface area contributed by atoms with E-state index in [-0.39, 0.29) is 29.2 Å². The van der Waals surface area contributed by atoms with Crippen molar-refractivity contribution in [3.63, 3.8) is 0 Å². The van der Waals surface area contributed by atoms with Crippen LogP contribution < -0.4 is 10.6 Å². The molecular formula is C20H27N5O4S. The molecule has 2 heterocycles. The lowest BCUT2D eigenvalue weighted by Crippen LogP contribution is -2.45. The summed E-state index contributed by atoms with van der Waals surface area (Å²) >= 11 is 0. The lowest BCUT2D eigenvalue weighted by Gasteiger charge is -2.31. The monoisotopic (exact) mass is 433 g/mol. The normalized spacial score (nSPS) is 17.4. The third kappa shape index (κ3) is 5.67. The van der Waals surface area contributed by atoms with Gasteiger partial charge < -0.3 is 15.2 Å². The van der Waals surface area contributed by atoms with E-state index in [0.717, 1.165) is 13.0 Å². The number of carbonyl (C=O) groups is 2. The second-order valence-corrected chi connectivity index (χ2v) is 9.29. The predicted molar refractivity (Wildman–Crippen MR) is 112 cm³/mol. The summed E-state index contributed by atoms with van der Waals surface area (Å²) in [5.41, 5.74) is 0.535. The number of sulfonamides is 1. The van der Waals surface area contributed by atoms with Crippen LogP contribution in [0.15, 0.2) is 47.9 Å². The van der Waals surface area contributed by atoms with Crippen molar-refractivity contribution in [1.82, 2.24) is 19.2 Å². The zero-order chi connectivity index (χ0) is 21.6. The second-order valence-electron chi connectivity index (χ2n) is 7.35. The largest absolute Gasteiger partial charge is 0.356 e. The van der Waals surface area contributed by atoms with Gasteiger partial charge in [0, 0.05) is 51.2 Å². The third-order valence-corrected chi connectivity index (χ3v) is 6.90. The van der Waals surface area contributed by atoms with E-state index in [9.17, 15) is 18.0 Å². The number of nitrogens with zero attached hydrogens (tertiary/aromatic N) is 3. The lowest BCUT2D eigenvalue weighted by molar-refractivity contribution is -0.126. The highest BCUT2D eigenvalue weighted by Crippen LogP contribution is 2.25. The Hall–Kier alpha value is -2.72. The van der Waals surface area contributed by atoms with Crippen molar-refractivity contribution in [1.29, 1.82) is 0 Å². The molecule has 0 aliphatic carbocycles. The molecule has 2 N–H and O–H groups in total. The first-order chi connectivity index (χ1) is 14.4. The Balaban J connectivity index is 1.54. The van der Waals surface area contributed by atoms with Crippen molar-refractivity contribution < 1.29 is 18.0 Å². The van der Waals surface area contributed by atoms with Crippen LogP contribution in [-0.2, 0) is 26.2 Å². The van der Waals surface area contributed by atoms with E-state index in [1.165, 1.54) is 23.4 Å². The molecule has 0 spiro atoms. The highest BCUT2D eigenvalue weighted by atomic mass is 32.2. The average Bonchev–Trinajstić information content (AvgIpc) is 3.25. The van der Waals surface area contributed by atoms with Crippen molar-refractivity contribution in [3.8, 4) is 0 Å². The summed E-state index contributed by atoms with van der Waals surface area (Å²) in [6.07, 6.45) is 7.39. The Kier molecular flexibility index (Phi) is 7.22. The van der Waals surface area contributed by atoms with E-state index >= 15 is 0 Å². The predicted octanol–water partition coefficient (Wildman–Crippen LogP) is 1.45. The molecule has 162 valence electrons. The van der Waals surface area contributed by atoms with Gasteiger partial charge >= 0.3 is 0 Å². The molecule has 1 aliphatic rings. The topological polar surface area (TPSA) is 113 Å². The number of rotatable bonds is 8. The number of piperidine rings is 1. The standard InChI is InChI=1S/C20H27N5O4S/c1-16(26)23-18-5-7-19(8-6-18)30(28,29)25-12-2-4-17(14-25)20(27)22-9-3-11-24-13-10-21-15-24/h5-8,10,13,15,17H,2-4,9,11-12,14H2,1H3,(H,22,27)(H,23,26)/t17-/m1/s1. The molecule has 0 bridgehead atoms. The minimum absolute atomic E-state index is 0.110. The average molecular weight is 434 g/mol. The van der Waals surface area contributed by atoms with Crippen molar-refractivity contribution in [3.05, 3.63) is 43.0 Å². The van der Waals surface area contributed by atoms with Crippen LogP contribution in [0.2, 0.25) is 0 Å². The van der Waals surface area contributed by atoms with Gasteiger partial charge in [-0.05, 0) is 43.5 Å². The molecule has 1 atom stereocenters. The molecule has 2 aromatic rings. The summed E-state index contributed by atoms with van der Waals surface area (Å²) in [7, 11) is -3.70. The molecule has 1 aromatic heterocycles. The Morgan fingerprint density at radius 1 is 1.23 bits per heavy atom. The molecule has 2 amide bonds. The van der Waals surface area contributed by atoms with Crippen LogP contribution in [0, 0.1) is 5.92 Å². The zero-order valence-corrected chi connectivity index (χ0v) is 17.8. The number of benzene rings is 1. The van der Waals surface area contributed by atoms with Gasteiger partial charge in [0.25, 0.3) is 0 Å². The van der Waals surface area contributed by atoms with Crippen LogP contribution in [0.3, 0.4) is 0 Å². The SMILES string of the molecule is CC(=O)Nc1ccc(S(=O)(=O)N2CCC[C@@H](C(=O)NCCCn3ccnc3)C2)cc1. The molecule has 1 saturated heterocycles. The summed E-state index contributed by atoms with van der Waals surface area (Å²) in [4.78, 5) is 27.8. The van der Waals surface area contributed by atoms with E-state index in [1.807, 2.05) is 10.8 Å². The van der Waals surface area contributed by atoms with Crippen molar-refractivity contribution in [2.24, 2.45) is 5.92 Å². The zero-order valence-electron chi connectivity index (χ0n) is 17.0. The molecule has 9 nitrogen and oxygen atoms in total. The quantitative estimate of drug-likeness (QED) is 0.612. The van der Waals surface area contributed by atoms with Crippen molar-refractivity contribution in [2.75, 3.05) is 25.0 Å². The highest BCUT2D eigenvalue weighted by Gasteiger charge is 2.33. The van der Waals surface area contributed by atoms with Gasteiger partial charge in [-0.2, -0.15) is 4.31 Å². The second kappa shape index (κ2) is 9.86. The number of anilines is 1. The van der Waals surface area contributed by atoms with Crippen LogP contribution in [0.25, 0.3) is 0 Å². The summed E-state index contributed by atoms with van der Waals surface area (Å²) in [5.74, 6) is -0.692. The smallest absolute Gasteiger partial charge is 0.243 e. The first-order valence-corrected chi connectivity index (χ1v) is 11.4. The maximum Gasteiger partial charge on any atom is 0.243 e. The van der Waals surface area contributed by atoms with E-state index in [1.54, 1.807) is 24.7 Å². The summed E-state index contributed by atoms with van der Waals surface area (Å²) in [6.45, 7) is 3.25. The first kappa shape index (κ1) is 22.0. The van der Waals surface area contributed by atoms with Crippen LogP contribution in [0.5, 0.6) is 0 Å². The minimum atomic E-state index is -3.70. The van der Waals surface area contributed by atoms with Gasteiger partial charge in [-0.3, -0.25) is 9.59 Å². The number of aryl methyl sites for hydroxylation is 1. The minimum Gasteiger partial charge on any atom is -0.356 e. The van der Waals surface area contributed by atoms with Gasteiger partial charge in [-0.25, -0.2) is 13.4 Å². The van der Waals surface area contributed by atoms with Gasteiger partial charge in [-0.1, -0.05) is 0 Å². The lowest BCUT2D eigenvalue weighted by atomic mass is 9.99.